The summed E-state index contributed by atoms with van der Waals surface area (Å²) < 4.78 is 1.63. The third kappa shape index (κ3) is 1.58. The van der Waals surface area contributed by atoms with Crippen LogP contribution in [0.25, 0.3) is 10.8 Å². The van der Waals surface area contributed by atoms with Gasteiger partial charge in [0.05, 0.1) is 0 Å². The molecule has 2 rings (SSSR count). The molecule has 0 fully saturated rings. The Balaban J connectivity index is 2.96. The molecule has 0 atom stereocenters. The van der Waals surface area contributed by atoms with Crippen LogP contribution >= 0.6 is 0 Å². The molecule has 3 nitrogen and oxygen atoms in total. The predicted octanol–water partition coefficient (Wildman–Crippen LogP) is 2.24. The van der Waals surface area contributed by atoms with E-state index in [-0.39, 0.29) is 5.56 Å². The van der Waals surface area contributed by atoms with E-state index in [0.717, 1.165) is 16.3 Å². The van der Waals surface area contributed by atoms with Crippen LogP contribution in [0.15, 0.2) is 29.2 Å². The van der Waals surface area contributed by atoms with Gasteiger partial charge in [-0.15, -0.1) is 0 Å². The van der Waals surface area contributed by atoms with Crippen LogP contribution in [0, 0.1) is 0 Å². The molecule has 0 unspecified atom stereocenters. The minimum atomic E-state index is 0.0272. The largest absolute Gasteiger partial charge is 0.399 e. The summed E-state index contributed by atoms with van der Waals surface area (Å²) in [5.74, 6) is 0.371. The van der Waals surface area contributed by atoms with Crippen molar-refractivity contribution in [1.82, 2.24) is 4.57 Å². The van der Waals surface area contributed by atoms with Crippen molar-refractivity contribution in [2.24, 2.45) is 7.05 Å². The highest BCUT2D eigenvalue weighted by atomic mass is 16.1. The molecule has 0 spiro atoms. The first-order valence-corrected chi connectivity index (χ1v) is 5.39. The summed E-state index contributed by atoms with van der Waals surface area (Å²) in [6.07, 6.45) is 1.90. The van der Waals surface area contributed by atoms with Crippen LogP contribution in [0.2, 0.25) is 0 Å². The maximum Gasteiger partial charge on any atom is 0.258 e. The number of hydrogen-bond acceptors (Lipinski definition) is 2. The number of nitrogens with two attached hydrogens (primary N) is 1. The number of aryl methyl sites for hydroxylation is 1. The Kier molecular flexibility index (Phi) is 2.46. The van der Waals surface area contributed by atoms with E-state index in [2.05, 4.69) is 13.8 Å². The van der Waals surface area contributed by atoms with E-state index in [4.69, 9.17) is 5.73 Å². The molecule has 0 aliphatic heterocycles. The summed E-state index contributed by atoms with van der Waals surface area (Å²) in [6.45, 7) is 4.23. The van der Waals surface area contributed by atoms with Crippen LogP contribution in [0.3, 0.4) is 0 Å². The molecule has 0 aliphatic rings. The van der Waals surface area contributed by atoms with Crippen LogP contribution in [-0.2, 0) is 7.05 Å². The van der Waals surface area contributed by atoms with Crippen LogP contribution in [0.5, 0.6) is 0 Å². The fourth-order valence-corrected chi connectivity index (χ4v) is 1.97. The van der Waals surface area contributed by atoms with E-state index in [0.29, 0.717) is 11.6 Å². The van der Waals surface area contributed by atoms with Crippen LogP contribution in [0.4, 0.5) is 5.69 Å². The molecule has 0 radical (unpaired) electrons. The third-order valence-electron chi connectivity index (χ3n) is 2.86. The quantitative estimate of drug-likeness (QED) is 0.743. The highest BCUT2D eigenvalue weighted by molar-refractivity contribution is 5.87. The lowest BCUT2D eigenvalue weighted by molar-refractivity contribution is 0.810. The fraction of sp³-hybridized carbons (Fsp3) is 0.308. The molecule has 0 amide bonds. The molecule has 0 aliphatic carbocycles. The molecule has 0 saturated carbocycles. The Hall–Kier alpha value is -1.77. The fourth-order valence-electron chi connectivity index (χ4n) is 1.97. The molecule has 1 aromatic heterocycles. The highest BCUT2D eigenvalue weighted by Gasteiger charge is 2.09. The number of nitrogen functional groups attached to an aromatic ring is 1. The molecule has 1 heterocycles. The van der Waals surface area contributed by atoms with Crippen LogP contribution in [0.1, 0.15) is 25.3 Å². The van der Waals surface area contributed by atoms with Gasteiger partial charge in [-0.25, -0.2) is 0 Å². The lowest BCUT2D eigenvalue weighted by Gasteiger charge is -2.12. The van der Waals surface area contributed by atoms with Gasteiger partial charge in [0, 0.05) is 24.3 Å². The minimum Gasteiger partial charge on any atom is -0.399 e. The van der Waals surface area contributed by atoms with Crippen LogP contribution < -0.4 is 11.3 Å². The number of aromatic nitrogens is 1. The summed E-state index contributed by atoms with van der Waals surface area (Å²) in [5.41, 5.74) is 7.65. The standard InChI is InChI=1S/C13H16N2O/c1-8(2)12-7-15(3)13(16)10-5-4-9(14)6-11(10)12/h4-8H,14H2,1-3H3. The number of benzene rings is 1. The first kappa shape index (κ1) is 10.7. The second-order valence-corrected chi connectivity index (χ2v) is 4.46. The van der Waals surface area contributed by atoms with Crippen molar-refractivity contribution >= 4 is 16.5 Å². The molecule has 0 saturated heterocycles. The van der Waals surface area contributed by atoms with Crippen molar-refractivity contribution in [3.8, 4) is 0 Å². The third-order valence-corrected chi connectivity index (χ3v) is 2.86. The van der Waals surface area contributed by atoms with Crippen molar-refractivity contribution in [3.63, 3.8) is 0 Å². The maximum absolute atomic E-state index is 11.9. The molecule has 1 aromatic carbocycles. The normalized spacial score (nSPS) is 11.2. The Labute approximate surface area is 94.5 Å². The van der Waals surface area contributed by atoms with Gasteiger partial charge in [-0.05, 0) is 35.1 Å². The smallest absolute Gasteiger partial charge is 0.258 e. The minimum absolute atomic E-state index is 0.0272. The number of rotatable bonds is 1. The molecular formula is C13H16N2O. The Morgan fingerprint density at radius 2 is 1.94 bits per heavy atom. The van der Waals surface area contributed by atoms with Gasteiger partial charge < -0.3 is 10.3 Å². The van der Waals surface area contributed by atoms with E-state index in [1.165, 1.54) is 0 Å². The van der Waals surface area contributed by atoms with Crippen molar-refractivity contribution in [2.45, 2.75) is 19.8 Å². The first-order valence-electron chi connectivity index (χ1n) is 5.39. The molecule has 16 heavy (non-hydrogen) atoms. The average Bonchev–Trinajstić information content (AvgIpc) is 2.22. The summed E-state index contributed by atoms with van der Waals surface area (Å²) in [7, 11) is 1.78. The second-order valence-electron chi connectivity index (χ2n) is 4.46. The molecule has 2 aromatic rings. The van der Waals surface area contributed by atoms with Gasteiger partial charge >= 0.3 is 0 Å². The van der Waals surface area contributed by atoms with Crippen molar-refractivity contribution in [1.29, 1.82) is 0 Å². The molecule has 84 valence electrons. The lowest BCUT2D eigenvalue weighted by Crippen LogP contribution is -2.17. The van der Waals surface area contributed by atoms with E-state index in [1.54, 1.807) is 23.7 Å². The Morgan fingerprint density at radius 3 is 2.56 bits per heavy atom. The van der Waals surface area contributed by atoms with Crippen LogP contribution in [-0.4, -0.2) is 4.57 Å². The predicted molar refractivity (Wildman–Crippen MR) is 67.7 cm³/mol. The van der Waals surface area contributed by atoms with E-state index >= 15 is 0 Å². The second kappa shape index (κ2) is 3.67. The van der Waals surface area contributed by atoms with Gasteiger partial charge in [-0.3, -0.25) is 4.79 Å². The lowest BCUT2D eigenvalue weighted by atomic mass is 9.98. The van der Waals surface area contributed by atoms with E-state index < -0.39 is 0 Å². The van der Waals surface area contributed by atoms with Crippen molar-refractivity contribution < 1.29 is 0 Å². The van der Waals surface area contributed by atoms with E-state index in [1.807, 2.05) is 12.3 Å². The summed E-state index contributed by atoms with van der Waals surface area (Å²) in [5, 5.41) is 1.71. The van der Waals surface area contributed by atoms with Crippen molar-refractivity contribution in [2.75, 3.05) is 5.73 Å². The monoisotopic (exact) mass is 216 g/mol. The van der Waals surface area contributed by atoms with Gasteiger partial charge in [-0.2, -0.15) is 0 Å². The Morgan fingerprint density at radius 1 is 1.25 bits per heavy atom. The zero-order chi connectivity index (χ0) is 11.9. The van der Waals surface area contributed by atoms with Gasteiger partial charge in [0.1, 0.15) is 0 Å². The number of hydrogen-bond donors (Lipinski definition) is 1. The highest BCUT2D eigenvalue weighted by Crippen LogP contribution is 2.24. The van der Waals surface area contributed by atoms with Gasteiger partial charge in [0.25, 0.3) is 5.56 Å². The molecule has 3 heteroatoms. The van der Waals surface area contributed by atoms with Gasteiger partial charge in [0.15, 0.2) is 0 Å². The zero-order valence-electron chi connectivity index (χ0n) is 9.82. The maximum atomic E-state index is 11.9. The summed E-state index contributed by atoms with van der Waals surface area (Å²) in [4.78, 5) is 11.9. The Bertz CT molecular complexity index is 597. The molecular weight excluding hydrogens is 200 g/mol. The SMILES string of the molecule is CC(C)c1cn(C)c(=O)c2ccc(N)cc12. The number of anilines is 1. The number of nitrogens with zero attached hydrogens (tertiary/aromatic N) is 1. The summed E-state index contributed by atoms with van der Waals surface area (Å²) in [6, 6.07) is 5.46. The van der Waals surface area contributed by atoms with Crippen molar-refractivity contribution in [3.05, 3.63) is 40.3 Å². The molecule has 0 bridgehead atoms. The van der Waals surface area contributed by atoms with Gasteiger partial charge in [-0.1, -0.05) is 13.8 Å². The first-order chi connectivity index (χ1) is 7.50. The molecule has 2 N–H and O–H groups in total. The number of fused-ring (bicyclic) bond motifs is 1. The number of pyridine rings is 1. The zero-order valence-corrected chi connectivity index (χ0v) is 9.82. The average molecular weight is 216 g/mol. The van der Waals surface area contributed by atoms with E-state index in [9.17, 15) is 4.79 Å². The topological polar surface area (TPSA) is 48.0 Å². The van der Waals surface area contributed by atoms with Gasteiger partial charge in [0.2, 0.25) is 0 Å². The summed E-state index contributed by atoms with van der Waals surface area (Å²) >= 11 is 0.